The highest BCUT2D eigenvalue weighted by Gasteiger charge is 1.97. The molecule has 76 valence electrons. The number of carboxylic acid groups (broad SMARTS) is 1. The first-order valence-corrected chi connectivity index (χ1v) is 4.70. The summed E-state index contributed by atoms with van der Waals surface area (Å²) in [7, 11) is 0. The van der Waals surface area contributed by atoms with Crippen molar-refractivity contribution < 1.29 is 14.6 Å². The minimum atomic E-state index is -1.06. The van der Waals surface area contributed by atoms with Gasteiger partial charge in [0, 0.05) is 6.07 Å². The van der Waals surface area contributed by atoms with Gasteiger partial charge in [-0.05, 0) is 22.0 Å². The number of halogens is 1. The zero-order valence-electron chi connectivity index (χ0n) is 7.24. The average molecular weight is 261 g/mol. The van der Waals surface area contributed by atoms with E-state index in [0.29, 0.717) is 10.5 Å². The van der Waals surface area contributed by atoms with Gasteiger partial charge >= 0.3 is 6.09 Å². The van der Waals surface area contributed by atoms with Crippen molar-refractivity contribution in [2.75, 3.05) is 13.2 Å². The average Bonchev–Trinajstić information content (AvgIpc) is 2.12. The molecule has 0 saturated heterocycles. The van der Waals surface area contributed by atoms with E-state index in [-0.39, 0.29) is 13.2 Å². The lowest BCUT2D eigenvalue weighted by molar-refractivity contribution is 0.190. The largest absolute Gasteiger partial charge is 0.476 e. The van der Waals surface area contributed by atoms with Crippen LogP contribution in [0.25, 0.3) is 0 Å². The quantitative estimate of drug-likeness (QED) is 0.636. The van der Waals surface area contributed by atoms with Crippen molar-refractivity contribution in [2.24, 2.45) is 0 Å². The molecule has 0 bridgehead atoms. The number of amides is 1. The number of hydrogen-bond acceptors (Lipinski definition) is 3. The van der Waals surface area contributed by atoms with Crippen LogP contribution in [0.1, 0.15) is 0 Å². The summed E-state index contributed by atoms with van der Waals surface area (Å²) in [4.78, 5) is 14.1. The lowest BCUT2D eigenvalue weighted by Crippen LogP contribution is -2.26. The van der Waals surface area contributed by atoms with Gasteiger partial charge in [0.15, 0.2) is 0 Å². The molecule has 0 radical (unpaired) electrons. The van der Waals surface area contributed by atoms with Crippen molar-refractivity contribution in [1.29, 1.82) is 0 Å². The minimum Gasteiger partial charge on any atom is -0.476 e. The number of rotatable bonds is 4. The molecule has 14 heavy (non-hydrogen) atoms. The highest BCUT2D eigenvalue weighted by Crippen LogP contribution is 2.11. The molecule has 0 atom stereocenters. The smallest absolute Gasteiger partial charge is 0.404 e. The van der Waals surface area contributed by atoms with E-state index in [4.69, 9.17) is 9.84 Å². The number of nitrogens with zero attached hydrogens (tertiary/aromatic N) is 1. The molecule has 0 aliphatic carbocycles. The maximum atomic E-state index is 10.1. The maximum absolute atomic E-state index is 10.1. The fourth-order valence-corrected chi connectivity index (χ4v) is 1.11. The highest BCUT2D eigenvalue weighted by atomic mass is 79.9. The Morgan fingerprint density at radius 2 is 2.43 bits per heavy atom. The van der Waals surface area contributed by atoms with Crippen LogP contribution in [0, 0.1) is 0 Å². The fraction of sp³-hybridized carbons (Fsp3) is 0.250. The Hall–Kier alpha value is -1.30. The van der Waals surface area contributed by atoms with Crippen LogP contribution in [0.5, 0.6) is 5.88 Å². The summed E-state index contributed by atoms with van der Waals surface area (Å²) in [5.74, 6) is 0.464. The first kappa shape index (κ1) is 10.8. The van der Waals surface area contributed by atoms with Crippen molar-refractivity contribution in [2.45, 2.75) is 0 Å². The molecule has 1 rings (SSSR count). The lowest BCUT2D eigenvalue weighted by Gasteiger charge is -2.04. The Bertz CT molecular complexity index is 319. The van der Waals surface area contributed by atoms with Gasteiger partial charge in [-0.1, -0.05) is 6.07 Å². The zero-order chi connectivity index (χ0) is 10.4. The third kappa shape index (κ3) is 4.08. The van der Waals surface area contributed by atoms with E-state index in [9.17, 15) is 4.79 Å². The molecule has 6 heteroatoms. The monoisotopic (exact) mass is 260 g/mol. The molecule has 0 aliphatic rings. The summed E-state index contributed by atoms with van der Waals surface area (Å²) in [5, 5.41) is 10.4. The SMILES string of the molecule is O=C(O)NCCOc1cccc(Br)n1. The van der Waals surface area contributed by atoms with Crippen LogP contribution >= 0.6 is 15.9 Å². The van der Waals surface area contributed by atoms with Crippen LogP contribution in [0.3, 0.4) is 0 Å². The van der Waals surface area contributed by atoms with E-state index in [1.54, 1.807) is 18.2 Å². The predicted molar refractivity (Wildman–Crippen MR) is 53.5 cm³/mol. The van der Waals surface area contributed by atoms with Gasteiger partial charge in [0.25, 0.3) is 0 Å². The van der Waals surface area contributed by atoms with E-state index in [2.05, 4.69) is 26.2 Å². The second-order valence-corrected chi connectivity index (χ2v) is 3.19. The number of nitrogens with one attached hydrogen (secondary N) is 1. The van der Waals surface area contributed by atoms with Gasteiger partial charge in [-0.3, -0.25) is 0 Å². The summed E-state index contributed by atoms with van der Waals surface area (Å²) in [6, 6.07) is 5.27. The molecule has 5 nitrogen and oxygen atoms in total. The van der Waals surface area contributed by atoms with E-state index in [1.165, 1.54) is 0 Å². The Morgan fingerprint density at radius 1 is 1.64 bits per heavy atom. The molecule has 0 spiro atoms. The highest BCUT2D eigenvalue weighted by molar-refractivity contribution is 9.10. The van der Waals surface area contributed by atoms with Gasteiger partial charge in [-0.25, -0.2) is 9.78 Å². The standard InChI is InChI=1S/C8H9BrN2O3/c9-6-2-1-3-7(11-6)14-5-4-10-8(12)13/h1-3,10H,4-5H2,(H,12,13). The first-order chi connectivity index (χ1) is 6.68. The molecule has 2 N–H and O–H groups in total. The third-order valence-electron chi connectivity index (χ3n) is 1.32. The summed E-state index contributed by atoms with van der Waals surface area (Å²) in [6.07, 6.45) is -1.06. The molecule has 1 heterocycles. The zero-order valence-corrected chi connectivity index (χ0v) is 8.82. The number of ether oxygens (including phenoxy) is 1. The lowest BCUT2D eigenvalue weighted by atomic mass is 10.5. The van der Waals surface area contributed by atoms with Crippen LogP contribution in [0.2, 0.25) is 0 Å². The minimum absolute atomic E-state index is 0.240. The van der Waals surface area contributed by atoms with Crippen LogP contribution in [0.4, 0.5) is 4.79 Å². The van der Waals surface area contributed by atoms with Gasteiger partial charge < -0.3 is 15.2 Å². The summed E-state index contributed by atoms with van der Waals surface area (Å²) in [6.45, 7) is 0.499. The van der Waals surface area contributed by atoms with Crippen molar-refractivity contribution >= 4 is 22.0 Å². The molecular formula is C8H9BrN2O3. The summed E-state index contributed by atoms with van der Waals surface area (Å²) >= 11 is 3.19. The number of pyridine rings is 1. The molecule has 0 fully saturated rings. The van der Waals surface area contributed by atoms with E-state index in [0.717, 1.165) is 0 Å². The van der Waals surface area contributed by atoms with Gasteiger partial charge in [-0.2, -0.15) is 0 Å². The van der Waals surface area contributed by atoms with Gasteiger partial charge in [0.1, 0.15) is 11.2 Å². The molecular weight excluding hydrogens is 252 g/mol. The molecule has 1 amide bonds. The van der Waals surface area contributed by atoms with Gasteiger partial charge in [-0.15, -0.1) is 0 Å². The predicted octanol–water partition coefficient (Wildman–Crippen LogP) is 1.49. The number of hydrogen-bond donors (Lipinski definition) is 2. The maximum Gasteiger partial charge on any atom is 0.404 e. The molecule has 0 saturated carbocycles. The molecule has 0 aliphatic heterocycles. The second kappa shape index (κ2) is 5.43. The molecule has 1 aromatic rings. The second-order valence-electron chi connectivity index (χ2n) is 2.38. The topological polar surface area (TPSA) is 71.5 Å². The molecule has 0 aromatic carbocycles. The number of carbonyl (C=O) groups is 1. The molecule has 0 unspecified atom stereocenters. The van der Waals surface area contributed by atoms with E-state index >= 15 is 0 Å². The fourth-order valence-electron chi connectivity index (χ4n) is 0.784. The Morgan fingerprint density at radius 3 is 3.07 bits per heavy atom. The van der Waals surface area contributed by atoms with Crippen molar-refractivity contribution in [1.82, 2.24) is 10.3 Å². The first-order valence-electron chi connectivity index (χ1n) is 3.90. The Labute approximate surface area is 89.2 Å². The van der Waals surface area contributed by atoms with Crippen LogP contribution in [0.15, 0.2) is 22.8 Å². The summed E-state index contributed by atoms with van der Waals surface area (Å²) < 4.78 is 5.85. The number of aromatic nitrogens is 1. The van der Waals surface area contributed by atoms with Crippen molar-refractivity contribution in [3.8, 4) is 5.88 Å². The Kier molecular flexibility index (Phi) is 4.18. The Balaban J connectivity index is 2.28. The summed E-state index contributed by atoms with van der Waals surface area (Å²) in [5.41, 5.74) is 0. The van der Waals surface area contributed by atoms with Crippen molar-refractivity contribution in [3.63, 3.8) is 0 Å². The van der Waals surface area contributed by atoms with Crippen molar-refractivity contribution in [3.05, 3.63) is 22.8 Å². The van der Waals surface area contributed by atoms with Crippen LogP contribution < -0.4 is 10.1 Å². The van der Waals surface area contributed by atoms with E-state index < -0.39 is 6.09 Å². The van der Waals surface area contributed by atoms with Crippen LogP contribution in [-0.2, 0) is 0 Å². The van der Waals surface area contributed by atoms with Gasteiger partial charge in [0.05, 0.1) is 6.54 Å². The van der Waals surface area contributed by atoms with E-state index in [1.807, 2.05) is 0 Å². The van der Waals surface area contributed by atoms with Gasteiger partial charge in [0.2, 0.25) is 5.88 Å². The third-order valence-corrected chi connectivity index (χ3v) is 1.76. The van der Waals surface area contributed by atoms with Crippen LogP contribution in [-0.4, -0.2) is 29.3 Å². The normalized spacial score (nSPS) is 9.50. The molecule has 1 aromatic heterocycles.